The molecule has 0 bridgehead atoms. The summed E-state index contributed by atoms with van der Waals surface area (Å²) in [7, 11) is -2.43. The van der Waals surface area contributed by atoms with Crippen molar-refractivity contribution in [1.29, 1.82) is 0 Å². The zero-order valence-electron chi connectivity index (χ0n) is 5.85. The summed E-state index contributed by atoms with van der Waals surface area (Å²) < 4.78 is 16.2. The summed E-state index contributed by atoms with van der Waals surface area (Å²) in [5.41, 5.74) is 0. The molecule has 1 atom stereocenters. The summed E-state index contributed by atoms with van der Waals surface area (Å²) in [4.78, 5) is 0. The molecule has 0 radical (unpaired) electrons. The van der Waals surface area contributed by atoms with Gasteiger partial charge in [0.15, 0.2) is 0 Å². The Morgan fingerprint density at radius 3 is 2.40 bits per heavy atom. The molecule has 0 aromatic carbocycles. The Balaban J connectivity index is 3.53. The van der Waals surface area contributed by atoms with Crippen molar-refractivity contribution in [3.8, 4) is 0 Å². The van der Waals surface area contributed by atoms with Crippen LogP contribution in [-0.2, 0) is 9.09 Å². The minimum Gasteiger partial charge on any atom is -0.327 e. The van der Waals surface area contributed by atoms with E-state index in [1.54, 1.807) is 6.66 Å². The van der Waals surface area contributed by atoms with Crippen molar-refractivity contribution in [3.05, 3.63) is 0 Å². The maximum absolute atomic E-state index is 11.2. The molecule has 0 heterocycles. The number of halogens is 2. The van der Waals surface area contributed by atoms with E-state index in [1.807, 2.05) is 0 Å². The molecule has 0 aliphatic carbocycles. The summed E-state index contributed by atoms with van der Waals surface area (Å²) in [5.74, 6) is 0.746. The minimum atomic E-state index is -2.43. The van der Waals surface area contributed by atoms with Gasteiger partial charge in [-0.1, -0.05) is 0 Å². The molecular weight excluding hydrogens is 194 g/mol. The van der Waals surface area contributed by atoms with Crippen LogP contribution in [-0.4, -0.2) is 31.2 Å². The first-order valence-electron chi connectivity index (χ1n) is 2.95. The van der Waals surface area contributed by atoms with Gasteiger partial charge >= 0.3 is 0 Å². The van der Waals surface area contributed by atoms with Crippen LogP contribution in [0.2, 0.25) is 0 Å². The smallest absolute Gasteiger partial charge is 0.201 e. The highest BCUT2D eigenvalue weighted by Gasteiger charge is 2.13. The highest BCUT2D eigenvalue weighted by Crippen LogP contribution is 2.41. The van der Waals surface area contributed by atoms with Gasteiger partial charge < -0.3 is 4.52 Å². The van der Waals surface area contributed by atoms with Crippen LogP contribution in [0.15, 0.2) is 0 Å². The third kappa shape index (κ3) is 5.55. The quantitative estimate of drug-likeness (QED) is 0.508. The van der Waals surface area contributed by atoms with Gasteiger partial charge in [0.05, 0.1) is 6.61 Å². The summed E-state index contributed by atoms with van der Waals surface area (Å²) in [6.07, 6.45) is 0.422. The zero-order chi connectivity index (χ0) is 8.04. The lowest BCUT2D eigenvalue weighted by Gasteiger charge is -2.10. The van der Waals surface area contributed by atoms with E-state index in [2.05, 4.69) is 0 Å². The molecule has 0 N–H and O–H groups in total. The Morgan fingerprint density at radius 2 is 2.00 bits per heavy atom. The Hall–Kier alpha value is 0.770. The molecule has 0 rings (SSSR count). The fourth-order valence-electron chi connectivity index (χ4n) is 0.446. The van der Waals surface area contributed by atoms with Crippen LogP contribution in [0.4, 0.5) is 0 Å². The van der Waals surface area contributed by atoms with Crippen LogP contribution < -0.4 is 0 Å². The molecule has 62 valence electrons. The molecule has 0 aromatic rings. The Morgan fingerprint density at radius 1 is 1.40 bits per heavy atom. The Bertz CT molecular complexity index is 129. The number of hydrogen-bond donors (Lipinski definition) is 0. The molecule has 1 unspecified atom stereocenters. The fourth-order valence-corrected chi connectivity index (χ4v) is 2.47. The van der Waals surface area contributed by atoms with Gasteiger partial charge in [0.25, 0.3) is 0 Å². The predicted octanol–water partition coefficient (Wildman–Crippen LogP) is 2.39. The number of alkyl halides is 2. The van der Waals surface area contributed by atoms with E-state index in [0.717, 1.165) is 0 Å². The zero-order valence-corrected chi connectivity index (χ0v) is 8.25. The lowest BCUT2D eigenvalue weighted by Crippen LogP contribution is -1.97. The molecule has 10 heavy (non-hydrogen) atoms. The average molecular weight is 205 g/mol. The van der Waals surface area contributed by atoms with Crippen molar-refractivity contribution in [3.63, 3.8) is 0 Å². The molecule has 0 saturated heterocycles. The van der Waals surface area contributed by atoms with Gasteiger partial charge in [-0.05, 0) is 0 Å². The van der Waals surface area contributed by atoms with E-state index < -0.39 is 7.37 Å². The topological polar surface area (TPSA) is 26.3 Å². The second-order valence-electron chi connectivity index (χ2n) is 1.95. The van der Waals surface area contributed by atoms with Crippen molar-refractivity contribution in [2.75, 3.05) is 31.2 Å². The SMILES string of the molecule is CP(=O)(CCCl)OCCCl. The van der Waals surface area contributed by atoms with Crippen LogP contribution in [0.25, 0.3) is 0 Å². The standard InChI is InChI=1S/C5H11Cl2O2P/c1-10(8,5-3-7)9-4-2-6/h2-5H2,1H3. The van der Waals surface area contributed by atoms with Crippen LogP contribution in [0, 0.1) is 0 Å². The lowest BCUT2D eigenvalue weighted by molar-refractivity contribution is 0.340. The molecule has 0 aliphatic rings. The molecule has 0 spiro atoms. The summed E-state index contributed by atoms with van der Waals surface area (Å²) >= 11 is 10.7. The maximum atomic E-state index is 11.2. The molecule has 5 heteroatoms. The van der Waals surface area contributed by atoms with Gasteiger partial charge in [0.1, 0.15) is 0 Å². The van der Waals surface area contributed by atoms with Gasteiger partial charge in [-0.3, -0.25) is 4.57 Å². The van der Waals surface area contributed by atoms with E-state index in [0.29, 0.717) is 24.5 Å². The fraction of sp³-hybridized carbons (Fsp3) is 1.00. The summed E-state index contributed by atoms with van der Waals surface area (Å²) in [5, 5.41) is 0. The van der Waals surface area contributed by atoms with E-state index in [1.165, 1.54) is 0 Å². The Kier molecular flexibility index (Phi) is 5.84. The molecule has 0 amide bonds. The number of hydrogen-bond acceptors (Lipinski definition) is 2. The number of rotatable bonds is 5. The highest BCUT2D eigenvalue weighted by molar-refractivity contribution is 7.58. The third-order valence-electron chi connectivity index (χ3n) is 0.932. The van der Waals surface area contributed by atoms with Gasteiger partial charge in [-0.15, -0.1) is 23.2 Å². The van der Waals surface area contributed by atoms with E-state index in [9.17, 15) is 4.57 Å². The molecular formula is C5H11Cl2O2P. The Labute approximate surface area is 71.3 Å². The van der Waals surface area contributed by atoms with E-state index in [4.69, 9.17) is 27.7 Å². The third-order valence-corrected chi connectivity index (χ3v) is 3.30. The van der Waals surface area contributed by atoms with Crippen molar-refractivity contribution in [2.24, 2.45) is 0 Å². The molecule has 0 fully saturated rings. The van der Waals surface area contributed by atoms with Crippen molar-refractivity contribution >= 4 is 30.6 Å². The van der Waals surface area contributed by atoms with Crippen LogP contribution in [0.3, 0.4) is 0 Å². The van der Waals surface area contributed by atoms with E-state index >= 15 is 0 Å². The largest absolute Gasteiger partial charge is 0.327 e. The van der Waals surface area contributed by atoms with E-state index in [-0.39, 0.29) is 0 Å². The van der Waals surface area contributed by atoms with Crippen molar-refractivity contribution < 1.29 is 9.09 Å². The molecule has 0 aliphatic heterocycles. The predicted molar refractivity (Wildman–Crippen MR) is 45.8 cm³/mol. The van der Waals surface area contributed by atoms with Gasteiger partial charge in [0.2, 0.25) is 7.37 Å². The first-order valence-corrected chi connectivity index (χ1v) is 6.28. The van der Waals surface area contributed by atoms with Crippen LogP contribution >= 0.6 is 30.6 Å². The minimum absolute atomic E-state index is 0.340. The van der Waals surface area contributed by atoms with Crippen LogP contribution in [0.5, 0.6) is 0 Å². The maximum Gasteiger partial charge on any atom is 0.201 e. The highest BCUT2D eigenvalue weighted by atomic mass is 35.5. The molecule has 0 saturated carbocycles. The first kappa shape index (κ1) is 10.8. The molecule has 2 nitrogen and oxygen atoms in total. The van der Waals surface area contributed by atoms with Crippen molar-refractivity contribution in [2.45, 2.75) is 0 Å². The van der Waals surface area contributed by atoms with Gasteiger partial charge in [0, 0.05) is 24.6 Å². The van der Waals surface area contributed by atoms with Gasteiger partial charge in [-0.2, -0.15) is 0 Å². The van der Waals surface area contributed by atoms with Crippen LogP contribution in [0.1, 0.15) is 0 Å². The summed E-state index contributed by atoms with van der Waals surface area (Å²) in [6, 6.07) is 0. The van der Waals surface area contributed by atoms with Crippen molar-refractivity contribution in [1.82, 2.24) is 0 Å². The molecule has 0 aromatic heterocycles. The second kappa shape index (κ2) is 5.42. The van der Waals surface area contributed by atoms with Gasteiger partial charge in [-0.25, -0.2) is 0 Å². The lowest BCUT2D eigenvalue weighted by atomic mass is 10.9. The average Bonchev–Trinajstić information content (AvgIpc) is 1.84. The first-order chi connectivity index (χ1) is 4.62. The second-order valence-corrected chi connectivity index (χ2v) is 5.44. The normalized spacial score (nSPS) is 16.7. The monoisotopic (exact) mass is 204 g/mol. The summed E-state index contributed by atoms with van der Waals surface area (Å²) in [6.45, 7) is 1.91.